The molecule has 8 heteroatoms. The number of morpholine rings is 1. The van der Waals surface area contributed by atoms with Crippen LogP contribution in [0, 0.1) is 0 Å². The van der Waals surface area contributed by atoms with Crippen molar-refractivity contribution in [2.45, 2.75) is 58.8 Å². The van der Waals surface area contributed by atoms with Gasteiger partial charge in [-0.25, -0.2) is 14.6 Å². The number of fused-ring (bicyclic) bond motifs is 1. The van der Waals surface area contributed by atoms with E-state index < -0.39 is 0 Å². The van der Waals surface area contributed by atoms with Crippen LogP contribution in [0.25, 0.3) is 11.2 Å². The SMILES string of the molecule is CC1CN(c2nc(C(C)(C)C)nc3c2nnn3Cc2ccccc2Cl)CC(C)O1. The zero-order valence-electron chi connectivity index (χ0n) is 17.6. The molecule has 0 spiro atoms. The number of ether oxygens (including phenoxy) is 1. The highest BCUT2D eigenvalue weighted by Crippen LogP contribution is 2.29. The van der Waals surface area contributed by atoms with E-state index in [0.717, 1.165) is 35.9 Å². The Hall–Kier alpha value is -2.25. The van der Waals surface area contributed by atoms with Crippen molar-refractivity contribution in [3.63, 3.8) is 0 Å². The highest BCUT2D eigenvalue weighted by atomic mass is 35.5. The lowest BCUT2D eigenvalue weighted by Gasteiger charge is -2.36. The van der Waals surface area contributed by atoms with Crippen molar-refractivity contribution < 1.29 is 4.74 Å². The molecule has 1 saturated heterocycles. The summed E-state index contributed by atoms with van der Waals surface area (Å²) in [4.78, 5) is 12.0. The molecular formula is C21H27ClN6O. The molecule has 2 aromatic heterocycles. The molecule has 0 amide bonds. The van der Waals surface area contributed by atoms with Crippen molar-refractivity contribution in [2.24, 2.45) is 0 Å². The summed E-state index contributed by atoms with van der Waals surface area (Å²) in [7, 11) is 0. The van der Waals surface area contributed by atoms with Crippen LogP contribution in [-0.4, -0.2) is 50.3 Å². The van der Waals surface area contributed by atoms with E-state index in [1.807, 2.05) is 28.9 Å². The maximum absolute atomic E-state index is 6.36. The second-order valence-electron chi connectivity index (χ2n) is 8.79. The van der Waals surface area contributed by atoms with Crippen LogP contribution in [0.15, 0.2) is 24.3 Å². The molecule has 1 fully saturated rings. The fraction of sp³-hybridized carbons (Fsp3) is 0.524. The number of rotatable bonds is 3. The predicted octanol–water partition coefficient (Wildman–Crippen LogP) is 3.83. The van der Waals surface area contributed by atoms with E-state index in [1.54, 1.807) is 0 Å². The summed E-state index contributed by atoms with van der Waals surface area (Å²) >= 11 is 6.36. The molecule has 1 aliphatic heterocycles. The number of nitrogens with zero attached hydrogens (tertiary/aromatic N) is 6. The van der Waals surface area contributed by atoms with Crippen LogP contribution < -0.4 is 4.90 Å². The molecule has 2 unspecified atom stereocenters. The van der Waals surface area contributed by atoms with Gasteiger partial charge in [-0.1, -0.05) is 55.8 Å². The monoisotopic (exact) mass is 414 g/mol. The van der Waals surface area contributed by atoms with Gasteiger partial charge in [0.1, 0.15) is 5.82 Å². The molecular weight excluding hydrogens is 388 g/mol. The van der Waals surface area contributed by atoms with Crippen molar-refractivity contribution in [3.05, 3.63) is 40.7 Å². The smallest absolute Gasteiger partial charge is 0.184 e. The average Bonchev–Trinajstić information content (AvgIpc) is 3.04. The summed E-state index contributed by atoms with van der Waals surface area (Å²) in [6, 6.07) is 7.77. The maximum Gasteiger partial charge on any atom is 0.184 e. The first-order valence-corrected chi connectivity index (χ1v) is 10.4. The molecule has 3 aromatic rings. The summed E-state index contributed by atoms with van der Waals surface area (Å²) in [6.07, 6.45) is 0.250. The highest BCUT2D eigenvalue weighted by Gasteiger charge is 2.29. The summed E-state index contributed by atoms with van der Waals surface area (Å²) in [5, 5.41) is 9.56. The second-order valence-corrected chi connectivity index (χ2v) is 9.20. The van der Waals surface area contributed by atoms with E-state index in [2.05, 4.69) is 49.8 Å². The van der Waals surface area contributed by atoms with Gasteiger partial charge < -0.3 is 9.64 Å². The van der Waals surface area contributed by atoms with Crippen LogP contribution in [0.3, 0.4) is 0 Å². The maximum atomic E-state index is 6.36. The molecule has 3 heterocycles. The Morgan fingerprint density at radius 2 is 1.79 bits per heavy atom. The van der Waals surface area contributed by atoms with Crippen LogP contribution in [0.5, 0.6) is 0 Å². The molecule has 0 N–H and O–H groups in total. The van der Waals surface area contributed by atoms with E-state index in [9.17, 15) is 0 Å². The topological polar surface area (TPSA) is 69.0 Å². The third-order valence-corrected chi connectivity index (χ3v) is 5.38. The second kappa shape index (κ2) is 7.54. The van der Waals surface area contributed by atoms with Gasteiger partial charge in [0, 0.05) is 23.5 Å². The molecule has 154 valence electrons. The minimum absolute atomic E-state index is 0.125. The molecule has 7 nitrogen and oxygen atoms in total. The fourth-order valence-corrected chi connectivity index (χ4v) is 3.84. The average molecular weight is 415 g/mol. The Bertz CT molecular complexity index is 1020. The van der Waals surface area contributed by atoms with Crippen molar-refractivity contribution >= 4 is 28.6 Å². The van der Waals surface area contributed by atoms with Gasteiger partial charge >= 0.3 is 0 Å². The van der Waals surface area contributed by atoms with Crippen molar-refractivity contribution in [3.8, 4) is 0 Å². The molecule has 0 bridgehead atoms. The fourth-order valence-electron chi connectivity index (χ4n) is 3.64. The number of halogens is 1. The predicted molar refractivity (Wildman–Crippen MR) is 115 cm³/mol. The van der Waals surface area contributed by atoms with Crippen LogP contribution >= 0.6 is 11.6 Å². The number of hydrogen-bond donors (Lipinski definition) is 0. The van der Waals surface area contributed by atoms with Crippen molar-refractivity contribution in [1.29, 1.82) is 0 Å². The normalized spacial score (nSPS) is 20.4. The van der Waals surface area contributed by atoms with Gasteiger partial charge in [0.15, 0.2) is 17.0 Å². The van der Waals surface area contributed by atoms with Gasteiger partial charge in [0.05, 0.1) is 18.8 Å². The molecule has 4 rings (SSSR count). The van der Waals surface area contributed by atoms with Gasteiger partial charge in [-0.3, -0.25) is 0 Å². The van der Waals surface area contributed by atoms with Crippen molar-refractivity contribution in [1.82, 2.24) is 25.0 Å². The minimum Gasteiger partial charge on any atom is -0.372 e. The first-order valence-electron chi connectivity index (χ1n) is 9.98. The third-order valence-electron chi connectivity index (χ3n) is 5.01. The minimum atomic E-state index is -0.202. The number of aromatic nitrogens is 5. The number of benzene rings is 1. The lowest BCUT2D eigenvalue weighted by atomic mass is 9.95. The van der Waals surface area contributed by atoms with Gasteiger partial charge in [0.25, 0.3) is 0 Å². The Morgan fingerprint density at radius 1 is 1.10 bits per heavy atom. The summed E-state index contributed by atoms with van der Waals surface area (Å²) in [6.45, 7) is 12.5. The lowest BCUT2D eigenvalue weighted by molar-refractivity contribution is -0.00540. The van der Waals surface area contributed by atoms with Gasteiger partial charge in [-0.05, 0) is 25.5 Å². The van der Waals surface area contributed by atoms with Gasteiger partial charge in [0.2, 0.25) is 0 Å². The van der Waals surface area contributed by atoms with Gasteiger partial charge in [-0.2, -0.15) is 0 Å². The molecule has 0 saturated carbocycles. The van der Waals surface area contributed by atoms with E-state index in [4.69, 9.17) is 26.3 Å². The van der Waals surface area contributed by atoms with E-state index in [0.29, 0.717) is 17.1 Å². The van der Waals surface area contributed by atoms with E-state index in [1.165, 1.54) is 0 Å². The highest BCUT2D eigenvalue weighted by molar-refractivity contribution is 6.31. The molecule has 29 heavy (non-hydrogen) atoms. The molecule has 0 aliphatic carbocycles. The molecule has 1 aromatic carbocycles. The quantitative estimate of drug-likeness (QED) is 0.648. The Morgan fingerprint density at radius 3 is 2.45 bits per heavy atom. The Labute approximate surface area is 176 Å². The first kappa shape index (κ1) is 20.0. The Kier molecular flexibility index (Phi) is 5.21. The van der Waals surface area contributed by atoms with Crippen molar-refractivity contribution in [2.75, 3.05) is 18.0 Å². The number of hydrogen-bond acceptors (Lipinski definition) is 6. The largest absolute Gasteiger partial charge is 0.372 e. The van der Waals surface area contributed by atoms with Crippen LogP contribution in [0.2, 0.25) is 5.02 Å². The van der Waals surface area contributed by atoms with Crippen LogP contribution in [-0.2, 0) is 16.7 Å². The van der Waals surface area contributed by atoms with E-state index in [-0.39, 0.29) is 17.6 Å². The molecule has 1 aliphatic rings. The zero-order chi connectivity index (χ0) is 20.8. The van der Waals surface area contributed by atoms with Crippen LogP contribution in [0.1, 0.15) is 46.0 Å². The zero-order valence-corrected chi connectivity index (χ0v) is 18.3. The molecule has 0 radical (unpaired) electrons. The Balaban J connectivity index is 1.83. The third kappa shape index (κ3) is 4.07. The molecule has 2 atom stereocenters. The van der Waals surface area contributed by atoms with Crippen LogP contribution in [0.4, 0.5) is 5.82 Å². The van der Waals surface area contributed by atoms with Gasteiger partial charge in [-0.15, -0.1) is 5.10 Å². The standard InChI is InChI=1S/C21H27ClN6O/c1-13-10-27(11-14(2)29-13)18-17-19(24-20(23-18)21(3,4)5)28(26-25-17)12-15-8-6-7-9-16(15)22/h6-9,13-14H,10-12H2,1-5H3. The first-order chi connectivity index (χ1) is 13.7. The van der Waals surface area contributed by atoms with E-state index >= 15 is 0 Å². The summed E-state index contributed by atoms with van der Waals surface area (Å²) < 4.78 is 7.71. The summed E-state index contributed by atoms with van der Waals surface area (Å²) in [5.74, 6) is 1.60. The number of anilines is 1. The lowest BCUT2D eigenvalue weighted by Crippen LogP contribution is -2.46. The summed E-state index contributed by atoms with van der Waals surface area (Å²) in [5.41, 5.74) is 2.22.